The second-order valence-electron chi connectivity index (χ2n) is 6.90. The van der Waals surface area contributed by atoms with Crippen LogP contribution in [-0.2, 0) is 19.1 Å². The summed E-state index contributed by atoms with van der Waals surface area (Å²) >= 11 is 0. The molecule has 1 aliphatic rings. The van der Waals surface area contributed by atoms with E-state index in [1.807, 2.05) is 37.3 Å². The van der Waals surface area contributed by atoms with Gasteiger partial charge in [-0.05, 0) is 45.0 Å². The minimum atomic E-state index is -0.914. The first kappa shape index (κ1) is 20.3. The normalized spacial score (nSPS) is 16.6. The van der Waals surface area contributed by atoms with E-state index in [4.69, 9.17) is 4.74 Å². The first-order valence-corrected chi connectivity index (χ1v) is 9.55. The average molecular weight is 392 g/mol. The predicted octanol–water partition coefficient (Wildman–Crippen LogP) is 3.82. The van der Waals surface area contributed by atoms with E-state index in [0.29, 0.717) is 17.1 Å². The lowest BCUT2D eigenvalue weighted by atomic mass is 9.88. The van der Waals surface area contributed by atoms with E-state index in [1.165, 1.54) is 4.90 Å². The lowest BCUT2D eigenvalue weighted by Gasteiger charge is -2.33. The Morgan fingerprint density at radius 3 is 2.34 bits per heavy atom. The molecule has 2 aromatic rings. The zero-order chi connectivity index (χ0) is 21.0. The Balaban J connectivity index is 1.98. The van der Waals surface area contributed by atoms with Crippen LogP contribution in [0.5, 0.6) is 0 Å². The lowest BCUT2D eigenvalue weighted by Crippen LogP contribution is -2.43. The van der Waals surface area contributed by atoms with Gasteiger partial charge in [0, 0.05) is 23.5 Å². The van der Waals surface area contributed by atoms with Crippen LogP contribution in [0.25, 0.3) is 0 Å². The standard InChI is InChI=1S/C23H24N2O4/c1-4-29-23(28)21-16(3)25(18-8-6-5-7-9-18)20(26)14-19(21)22(27)24-17-12-10-15(2)11-13-17/h5-13,19H,4,14H2,1-3H3,(H,24,27)/t19-/m1/s1. The van der Waals surface area contributed by atoms with Crippen molar-refractivity contribution in [3.63, 3.8) is 0 Å². The Kier molecular flexibility index (Phi) is 6.12. The van der Waals surface area contributed by atoms with Crippen molar-refractivity contribution in [1.29, 1.82) is 0 Å². The first-order chi connectivity index (χ1) is 13.9. The van der Waals surface area contributed by atoms with E-state index in [0.717, 1.165) is 5.56 Å². The SMILES string of the molecule is CCOC(=O)C1=C(C)N(c2ccccc2)C(=O)C[C@H]1C(=O)Nc1ccc(C)cc1. The van der Waals surface area contributed by atoms with E-state index in [2.05, 4.69) is 5.32 Å². The topological polar surface area (TPSA) is 75.7 Å². The smallest absolute Gasteiger partial charge is 0.336 e. The molecule has 0 spiro atoms. The molecule has 0 fully saturated rings. The molecule has 29 heavy (non-hydrogen) atoms. The van der Waals surface area contributed by atoms with Crippen LogP contribution >= 0.6 is 0 Å². The van der Waals surface area contributed by atoms with Gasteiger partial charge in [0.2, 0.25) is 11.8 Å². The molecule has 2 amide bonds. The highest BCUT2D eigenvalue weighted by molar-refractivity contribution is 6.10. The van der Waals surface area contributed by atoms with Gasteiger partial charge in [-0.3, -0.25) is 14.5 Å². The molecule has 0 saturated heterocycles. The van der Waals surface area contributed by atoms with Crippen LogP contribution in [0, 0.1) is 12.8 Å². The maximum absolute atomic E-state index is 13.0. The summed E-state index contributed by atoms with van der Waals surface area (Å²) < 4.78 is 5.20. The highest BCUT2D eigenvalue weighted by Gasteiger charge is 2.40. The van der Waals surface area contributed by atoms with Crippen molar-refractivity contribution in [2.24, 2.45) is 5.92 Å². The Morgan fingerprint density at radius 2 is 1.72 bits per heavy atom. The largest absolute Gasteiger partial charge is 0.463 e. The summed E-state index contributed by atoms with van der Waals surface area (Å²) in [5.74, 6) is -2.14. The Bertz CT molecular complexity index is 949. The number of nitrogens with one attached hydrogen (secondary N) is 1. The zero-order valence-electron chi connectivity index (χ0n) is 16.8. The van der Waals surface area contributed by atoms with Crippen LogP contribution in [0.3, 0.4) is 0 Å². The monoisotopic (exact) mass is 392 g/mol. The molecule has 0 radical (unpaired) electrons. The van der Waals surface area contributed by atoms with Crippen LogP contribution in [0.4, 0.5) is 11.4 Å². The van der Waals surface area contributed by atoms with Crippen LogP contribution in [-0.4, -0.2) is 24.4 Å². The lowest BCUT2D eigenvalue weighted by molar-refractivity contribution is -0.141. The number of allylic oxidation sites excluding steroid dienone is 1. The van der Waals surface area contributed by atoms with Crippen molar-refractivity contribution in [3.05, 3.63) is 71.4 Å². The maximum atomic E-state index is 13.0. The molecule has 1 N–H and O–H groups in total. The second-order valence-corrected chi connectivity index (χ2v) is 6.90. The summed E-state index contributed by atoms with van der Waals surface area (Å²) in [6, 6.07) is 16.4. The van der Waals surface area contributed by atoms with Gasteiger partial charge in [-0.2, -0.15) is 0 Å². The Hall–Kier alpha value is -3.41. The van der Waals surface area contributed by atoms with Crippen LogP contribution < -0.4 is 10.2 Å². The van der Waals surface area contributed by atoms with Gasteiger partial charge in [0.15, 0.2) is 0 Å². The summed E-state index contributed by atoms with van der Waals surface area (Å²) in [6.07, 6.45) is -0.113. The highest BCUT2D eigenvalue weighted by Crippen LogP contribution is 2.34. The summed E-state index contributed by atoms with van der Waals surface area (Å²) in [5.41, 5.74) is 2.95. The van der Waals surface area contributed by atoms with E-state index in [9.17, 15) is 14.4 Å². The molecule has 0 aromatic heterocycles. The molecular weight excluding hydrogens is 368 g/mol. The number of hydrogen-bond donors (Lipinski definition) is 1. The number of carbonyl (C=O) groups excluding carboxylic acids is 3. The molecule has 0 unspecified atom stereocenters. The quantitative estimate of drug-likeness (QED) is 0.785. The molecule has 0 aliphatic carbocycles. The molecule has 1 heterocycles. The molecule has 1 atom stereocenters. The van der Waals surface area contributed by atoms with E-state index in [-0.39, 0.29) is 24.5 Å². The maximum Gasteiger partial charge on any atom is 0.336 e. The predicted molar refractivity (Wildman–Crippen MR) is 111 cm³/mol. The zero-order valence-corrected chi connectivity index (χ0v) is 16.8. The van der Waals surface area contributed by atoms with Gasteiger partial charge in [0.1, 0.15) is 0 Å². The fourth-order valence-corrected chi connectivity index (χ4v) is 3.43. The fraction of sp³-hybridized carbons (Fsp3) is 0.261. The van der Waals surface area contributed by atoms with Gasteiger partial charge >= 0.3 is 5.97 Å². The molecular formula is C23H24N2O4. The molecule has 150 valence electrons. The minimum absolute atomic E-state index is 0.113. The number of benzene rings is 2. The van der Waals surface area contributed by atoms with E-state index in [1.54, 1.807) is 38.1 Å². The minimum Gasteiger partial charge on any atom is -0.463 e. The van der Waals surface area contributed by atoms with Crippen molar-refractivity contribution in [2.45, 2.75) is 27.2 Å². The number of anilines is 2. The van der Waals surface area contributed by atoms with Crippen molar-refractivity contribution >= 4 is 29.2 Å². The number of hydrogen-bond acceptors (Lipinski definition) is 4. The van der Waals surface area contributed by atoms with E-state index >= 15 is 0 Å². The molecule has 2 aromatic carbocycles. The third kappa shape index (κ3) is 4.37. The second kappa shape index (κ2) is 8.73. The summed E-state index contributed by atoms with van der Waals surface area (Å²) in [7, 11) is 0. The number of carbonyl (C=O) groups is 3. The van der Waals surface area contributed by atoms with Gasteiger partial charge in [-0.25, -0.2) is 4.79 Å². The van der Waals surface area contributed by atoms with Crippen molar-refractivity contribution in [2.75, 3.05) is 16.8 Å². The van der Waals surface area contributed by atoms with Crippen LogP contribution in [0.15, 0.2) is 65.9 Å². The number of amides is 2. The Morgan fingerprint density at radius 1 is 1.07 bits per heavy atom. The van der Waals surface area contributed by atoms with Gasteiger partial charge in [-0.1, -0.05) is 35.9 Å². The molecule has 1 aliphatic heterocycles. The number of para-hydroxylation sites is 1. The van der Waals surface area contributed by atoms with Crippen molar-refractivity contribution in [3.8, 4) is 0 Å². The van der Waals surface area contributed by atoms with Crippen molar-refractivity contribution < 1.29 is 19.1 Å². The molecule has 6 heteroatoms. The van der Waals surface area contributed by atoms with Gasteiger partial charge in [0.05, 0.1) is 18.1 Å². The van der Waals surface area contributed by atoms with Crippen LogP contribution in [0.2, 0.25) is 0 Å². The first-order valence-electron chi connectivity index (χ1n) is 9.55. The summed E-state index contributed by atoms with van der Waals surface area (Å²) in [5, 5.41) is 2.81. The highest BCUT2D eigenvalue weighted by atomic mass is 16.5. The third-order valence-corrected chi connectivity index (χ3v) is 4.85. The van der Waals surface area contributed by atoms with Gasteiger partial charge < -0.3 is 10.1 Å². The number of nitrogens with zero attached hydrogens (tertiary/aromatic N) is 1. The van der Waals surface area contributed by atoms with Gasteiger partial charge in [-0.15, -0.1) is 0 Å². The average Bonchev–Trinajstić information content (AvgIpc) is 2.70. The number of esters is 1. The molecule has 6 nitrogen and oxygen atoms in total. The van der Waals surface area contributed by atoms with Gasteiger partial charge in [0.25, 0.3) is 0 Å². The summed E-state index contributed by atoms with van der Waals surface area (Å²) in [6.45, 7) is 5.51. The Labute approximate surface area is 170 Å². The number of aryl methyl sites for hydroxylation is 1. The molecule has 0 bridgehead atoms. The number of ether oxygens (including phenoxy) is 1. The van der Waals surface area contributed by atoms with E-state index < -0.39 is 17.8 Å². The van der Waals surface area contributed by atoms with Crippen LogP contribution in [0.1, 0.15) is 25.8 Å². The fourth-order valence-electron chi connectivity index (χ4n) is 3.43. The summed E-state index contributed by atoms with van der Waals surface area (Å²) in [4.78, 5) is 40.1. The van der Waals surface area contributed by atoms with Crippen molar-refractivity contribution in [1.82, 2.24) is 0 Å². The number of rotatable bonds is 5. The third-order valence-electron chi connectivity index (χ3n) is 4.85. The molecule has 3 rings (SSSR count). The molecule has 0 saturated carbocycles.